The van der Waals surface area contributed by atoms with Gasteiger partial charge in [0.1, 0.15) is 12.4 Å². The lowest BCUT2D eigenvalue weighted by molar-refractivity contribution is -0.123. The molecular formula is C36H31ClN2O6S2. The van der Waals surface area contributed by atoms with Crippen molar-refractivity contribution in [2.75, 3.05) is 11.5 Å². The number of ether oxygens (including phenoxy) is 2. The lowest BCUT2D eigenvalue weighted by Crippen LogP contribution is -2.42. The van der Waals surface area contributed by atoms with Crippen LogP contribution in [0.25, 0.3) is 0 Å². The largest absolute Gasteiger partial charge is 0.489 e. The smallest absolute Gasteiger partial charge is 0.338 e. The second kappa shape index (κ2) is 11.7. The number of halogens is 1. The number of aromatic amines is 1. The Balaban J connectivity index is 1.15. The number of nitrogens with zero attached hydrogens (tertiary/aromatic N) is 1. The van der Waals surface area contributed by atoms with E-state index < -0.39 is 17.8 Å². The minimum absolute atomic E-state index is 0.00622. The zero-order chi connectivity index (χ0) is 32.6. The SMILES string of the molecule is CCOC(=O)c1ccc(N2C(=O)C3C(C2=O)[C@@H]2C[C@H]3C3Sc4[nH]c(=O)sc4C(c4cc(Cl)ccc4OCc4ccc(C)cc4)C32)cc1. The lowest BCUT2D eigenvalue weighted by atomic mass is 9.68. The van der Waals surface area contributed by atoms with Gasteiger partial charge in [-0.1, -0.05) is 52.8 Å². The Kier molecular flexibility index (Phi) is 7.57. The Bertz CT molecular complexity index is 1970. The van der Waals surface area contributed by atoms with Crippen molar-refractivity contribution in [2.45, 2.75) is 43.1 Å². The van der Waals surface area contributed by atoms with E-state index in [1.165, 1.54) is 21.8 Å². The molecule has 5 unspecified atom stereocenters. The molecule has 1 saturated heterocycles. The fraction of sp³-hybridized carbons (Fsp3) is 0.333. The van der Waals surface area contributed by atoms with Gasteiger partial charge < -0.3 is 14.5 Å². The molecule has 7 atom stereocenters. The van der Waals surface area contributed by atoms with Gasteiger partial charge in [0.2, 0.25) is 11.8 Å². The fourth-order valence-electron chi connectivity index (χ4n) is 8.32. The summed E-state index contributed by atoms with van der Waals surface area (Å²) >= 11 is 9.47. The van der Waals surface area contributed by atoms with Crippen LogP contribution in [0, 0.1) is 36.5 Å². The molecule has 8 nitrogen and oxygen atoms in total. The molecule has 2 aliphatic heterocycles. The molecule has 4 aliphatic rings. The second-order valence-corrected chi connectivity index (χ2v) is 15.3. The van der Waals surface area contributed by atoms with Gasteiger partial charge in [-0.2, -0.15) is 0 Å². The van der Waals surface area contributed by atoms with Gasteiger partial charge in [0, 0.05) is 26.6 Å². The molecule has 4 aromatic rings. The maximum absolute atomic E-state index is 14.2. The van der Waals surface area contributed by atoms with Crippen molar-refractivity contribution in [1.82, 2.24) is 4.98 Å². The molecule has 0 radical (unpaired) electrons. The third-order valence-electron chi connectivity index (χ3n) is 10.2. The van der Waals surface area contributed by atoms with E-state index in [1.807, 2.05) is 37.3 Å². The van der Waals surface area contributed by atoms with Crippen LogP contribution in [0.3, 0.4) is 0 Å². The number of nitrogens with one attached hydrogen (secondary N) is 1. The molecular weight excluding hydrogens is 656 g/mol. The second-order valence-electron chi connectivity index (χ2n) is 12.7. The van der Waals surface area contributed by atoms with Crippen LogP contribution in [0.2, 0.25) is 5.02 Å². The van der Waals surface area contributed by atoms with Crippen molar-refractivity contribution >= 4 is 58.2 Å². The minimum Gasteiger partial charge on any atom is -0.489 e. The van der Waals surface area contributed by atoms with E-state index in [0.29, 0.717) is 28.6 Å². The first-order valence-electron chi connectivity index (χ1n) is 15.8. The summed E-state index contributed by atoms with van der Waals surface area (Å²) in [6.07, 6.45) is 0.764. The monoisotopic (exact) mass is 686 g/mol. The number of hydrogen-bond donors (Lipinski definition) is 1. The molecule has 3 heterocycles. The zero-order valence-corrected chi connectivity index (χ0v) is 28.0. The lowest BCUT2D eigenvalue weighted by Gasteiger charge is -2.43. The highest BCUT2D eigenvalue weighted by molar-refractivity contribution is 8.00. The molecule has 8 rings (SSSR count). The number of aromatic nitrogens is 1. The number of rotatable bonds is 7. The molecule has 1 N–H and O–H groups in total. The van der Waals surface area contributed by atoms with Crippen molar-refractivity contribution in [3.8, 4) is 5.75 Å². The number of amides is 2. The highest BCUT2D eigenvalue weighted by Gasteiger charge is 2.69. The summed E-state index contributed by atoms with van der Waals surface area (Å²) in [6, 6.07) is 20.3. The Hall–Kier alpha value is -3.86. The van der Waals surface area contributed by atoms with Crippen LogP contribution in [-0.4, -0.2) is 34.6 Å². The molecule has 2 aliphatic carbocycles. The number of anilines is 1. The molecule has 2 amide bonds. The first-order valence-corrected chi connectivity index (χ1v) is 17.8. The van der Waals surface area contributed by atoms with Crippen LogP contribution >= 0.6 is 34.7 Å². The first-order chi connectivity index (χ1) is 22.7. The number of fused-ring (bicyclic) bond motifs is 9. The molecule has 1 aromatic heterocycles. The van der Waals surface area contributed by atoms with E-state index in [1.54, 1.807) is 43.0 Å². The van der Waals surface area contributed by atoms with Gasteiger partial charge in [-0.05, 0) is 86.1 Å². The quantitative estimate of drug-likeness (QED) is 0.168. The van der Waals surface area contributed by atoms with Crippen molar-refractivity contribution in [3.63, 3.8) is 0 Å². The summed E-state index contributed by atoms with van der Waals surface area (Å²) in [5, 5.41) is 1.41. The average molecular weight is 687 g/mol. The number of benzene rings is 3. The van der Waals surface area contributed by atoms with Crippen molar-refractivity contribution < 1.29 is 23.9 Å². The molecule has 2 bridgehead atoms. The van der Waals surface area contributed by atoms with Crippen LogP contribution in [0.15, 0.2) is 76.6 Å². The van der Waals surface area contributed by atoms with Gasteiger partial charge in [0.05, 0.1) is 34.7 Å². The summed E-state index contributed by atoms with van der Waals surface area (Å²) in [4.78, 5) is 58.4. The summed E-state index contributed by atoms with van der Waals surface area (Å²) in [5.41, 5.74) is 3.92. The molecule has 3 aromatic carbocycles. The van der Waals surface area contributed by atoms with E-state index in [-0.39, 0.29) is 52.2 Å². The van der Waals surface area contributed by atoms with Crippen LogP contribution in [0.4, 0.5) is 5.69 Å². The van der Waals surface area contributed by atoms with Crippen LogP contribution < -0.4 is 14.5 Å². The van der Waals surface area contributed by atoms with Crippen molar-refractivity contribution in [2.24, 2.45) is 29.6 Å². The number of thioether (sulfide) groups is 1. The van der Waals surface area contributed by atoms with Crippen LogP contribution in [0.1, 0.15) is 51.2 Å². The van der Waals surface area contributed by atoms with Gasteiger partial charge in [0.15, 0.2) is 0 Å². The highest BCUT2D eigenvalue weighted by Crippen LogP contribution is 2.69. The highest BCUT2D eigenvalue weighted by atomic mass is 35.5. The van der Waals surface area contributed by atoms with Crippen molar-refractivity contribution in [1.29, 1.82) is 0 Å². The Morgan fingerprint density at radius 3 is 2.43 bits per heavy atom. The van der Waals surface area contributed by atoms with E-state index in [9.17, 15) is 19.2 Å². The molecule has 47 heavy (non-hydrogen) atoms. The number of hydrogen-bond acceptors (Lipinski definition) is 8. The maximum Gasteiger partial charge on any atom is 0.338 e. The average Bonchev–Trinajstić information content (AvgIpc) is 3.80. The molecule has 240 valence electrons. The summed E-state index contributed by atoms with van der Waals surface area (Å²) < 4.78 is 11.5. The number of imide groups is 1. The van der Waals surface area contributed by atoms with E-state index in [4.69, 9.17) is 21.1 Å². The first kappa shape index (κ1) is 30.5. The van der Waals surface area contributed by atoms with E-state index in [2.05, 4.69) is 17.1 Å². The maximum atomic E-state index is 14.2. The zero-order valence-electron chi connectivity index (χ0n) is 25.6. The Morgan fingerprint density at radius 1 is 0.979 bits per heavy atom. The van der Waals surface area contributed by atoms with Crippen LogP contribution in [-0.2, 0) is 20.9 Å². The summed E-state index contributed by atoms with van der Waals surface area (Å²) in [7, 11) is 0. The number of esters is 1. The van der Waals surface area contributed by atoms with Gasteiger partial charge >= 0.3 is 10.8 Å². The fourth-order valence-corrected chi connectivity index (χ4v) is 11.4. The number of carbonyl (C=O) groups excluding carboxylic acids is 3. The molecule has 2 saturated carbocycles. The predicted molar refractivity (Wildman–Crippen MR) is 180 cm³/mol. The Labute approximate surface area is 284 Å². The van der Waals surface area contributed by atoms with Gasteiger partial charge in [-0.3, -0.25) is 19.3 Å². The van der Waals surface area contributed by atoms with Gasteiger partial charge in [-0.25, -0.2) is 4.79 Å². The number of H-pyrrole nitrogens is 1. The van der Waals surface area contributed by atoms with Gasteiger partial charge in [-0.15, -0.1) is 11.8 Å². The third-order valence-corrected chi connectivity index (χ3v) is 13.0. The number of thiazole rings is 1. The third kappa shape index (κ3) is 4.95. The molecule has 0 spiro atoms. The summed E-state index contributed by atoms with van der Waals surface area (Å²) in [6.45, 7) is 4.41. The topological polar surface area (TPSA) is 106 Å². The minimum atomic E-state index is -0.463. The van der Waals surface area contributed by atoms with Crippen LogP contribution in [0.5, 0.6) is 5.75 Å². The standard InChI is InChI=1S/C36H31ClN2O6S2/c1-3-44-35(42)19-8-11-21(12-9-19)39-33(40)28-23-15-24(29(28)34(39)41)30-27(23)26(31-32(46-30)38-36(43)47-31)22-14-20(37)10-13-25(22)45-16-18-6-4-17(2)5-7-18/h4-14,23-24,26-30H,3,15-16H2,1-2H3,(H,38,43)/t23-,24-,26?,27?,28?,29?,30?/m1/s1. The Morgan fingerprint density at radius 2 is 1.70 bits per heavy atom. The normalized spacial score (nSPS) is 27.0. The number of aryl methyl sites for hydroxylation is 1. The molecule has 11 heteroatoms. The molecule has 3 fully saturated rings. The van der Waals surface area contributed by atoms with Gasteiger partial charge in [0.25, 0.3) is 0 Å². The van der Waals surface area contributed by atoms with Crippen molar-refractivity contribution in [3.05, 3.63) is 109 Å². The predicted octanol–water partition coefficient (Wildman–Crippen LogP) is 6.83. The number of carbonyl (C=O) groups is 3. The van der Waals surface area contributed by atoms with E-state index in [0.717, 1.165) is 27.5 Å². The summed E-state index contributed by atoms with van der Waals surface area (Å²) in [5.74, 6) is -1.39. The van der Waals surface area contributed by atoms with E-state index >= 15 is 0 Å².